The Morgan fingerprint density at radius 2 is 2.47 bits per heavy atom. The minimum atomic E-state index is -1.06. The zero-order valence-corrected chi connectivity index (χ0v) is 8.44. The Balaban J connectivity index is 2.95. The van der Waals surface area contributed by atoms with Crippen LogP contribution >= 0.6 is 0 Å². The van der Waals surface area contributed by atoms with Crippen molar-refractivity contribution < 1.29 is 14.7 Å². The van der Waals surface area contributed by atoms with E-state index in [9.17, 15) is 4.79 Å². The number of terminal acetylenes is 1. The number of carboxylic acid groups (broad SMARTS) is 1. The fourth-order valence-corrected chi connectivity index (χ4v) is 1.18. The quantitative estimate of drug-likeness (QED) is 0.426. The number of aryl methyl sites for hydroxylation is 2. The van der Waals surface area contributed by atoms with E-state index in [0.717, 1.165) is 0 Å². The summed E-state index contributed by atoms with van der Waals surface area (Å²) in [6.07, 6.45) is 4.98. The Morgan fingerprint density at radius 1 is 1.80 bits per heavy atom. The van der Waals surface area contributed by atoms with Crippen molar-refractivity contribution in [3.05, 3.63) is 11.3 Å². The van der Waals surface area contributed by atoms with Gasteiger partial charge >= 0.3 is 5.97 Å². The first-order valence-corrected chi connectivity index (χ1v) is 4.16. The van der Waals surface area contributed by atoms with E-state index >= 15 is 0 Å². The monoisotopic (exact) mass is 209 g/mol. The number of anilines is 1. The van der Waals surface area contributed by atoms with E-state index in [0.29, 0.717) is 5.69 Å². The van der Waals surface area contributed by atoms with Crippen molar-refractivity contribution >= 4 is 11.8 Å². The molecule has 1 rings (SSSR count). The molecule has 0 aliphatic carbocycles. The summed E-state index contributed by atoms with van der Waals surface area (Å²) < 4.78 is 1.38. The van der Waals surface area contributed by atoms with Gasteiger partial charge in [0.15, 0.2) is 5.82 Å². The van der Waals surface area contributed by atoms with Crippen LogP contribution in [0.2, 0.25) is 0 Å². The van der Waals surface area contributed by atoms with Crippen LogP contribution < -0.4 is 5.48 Å². The smallest absolute Gasteiger partial charge is 0.341 e. The van der Waals surface area contributed by atoms with Crippen LogP contribution in [-0.4, -0.2) is 27.5 Å². The van der Waals surface area contributed by atoms with Crippen LogP contribution in [-0.2, 0) is 11.9 Å². The van der Waals surface area contributed by atoms with Gasteiger partial charge in [-0.2, -0.15) is 5.10 Å². The van der Waals surface area contributed by atoms with Gasteiger partial charge in [-0.1, -0.05) is 5.92 Å². The molecule has 1 heterocycles. The summed E-state index contributed by atoms with van der Waals surface area (Å²) >= 11 is 0. The molecule has 0 spiro atoms. The van der Waals surface area contributed by atoms with E-state index in [1.165, 1.54) is 4.68 Å². The summed E-state index contributed by atoms with van der Waals surface area (Å²) in [5.41, 5.74) is 2.95. The molecule has 15 heavy (non-hydrogen) atoms. The minimum absolute atomic E-state index is 0.0449. The number of hydrogen-bond donors (Lipinski definition) is 2. The molecule has 6 nitrogen and oxygen atoms in total. The topological polar surface area (TPSA) is 76.4 Å². The Labute approximate surface area is 86.8 Å². The summed E-state index contributed by atoms with van der Waals surface area (Å²) in [5, 5.41) is 12.9. The largest absolute Gasteiger partial charge is 0.477 e. The number of carbonyl (C=O) groups is 1. The number of aromatic carboxylic acids is 1. The van der Waals surface area contributed by atoms with Crippen molar-refractivity contribution in [2.24, 2.45) is 7.05 Å². The summed E-state index contributed by atoms with van der Waals surface area (Å²) in [5.74, 6) is 1.46. The third-order valence-electron chi connectivity index (χ3n) is 1.76. The van der Waals surface area contributed by atoms with E-state index in [-0.39, 0.29) is 18.0 Å². The molecule has 0 radical (unpaired) electrons. The lowest BCUT2D eigenvalue weighted by atomic mass is 10.2. The van der Waals surface area contributed by atoms with Crippen molar-refractivity contribution in [2.45, 2.75) is 6.92 Å². The highest BCUT2D eigenvalue weighted by molar-refractivity contribution is 5.94. The number of carboxylic acids is 1. The lowest BCUT2D eigenvalue weighted by molar-refractivity contribution is 0.0696. The average molecular weight is 209 g/mol. The van der Waals surface area contributed by atoms with Gasteiger partial charge in [0.1, 0.15) is 12.2 Å². The van der Waals surface area contributed by atoms with Gasteiger partial charge in [-0.3, -0.25) is 9.52 Å². The first-order valence-electron chi connectivity index (χ1n) is 4.16. The fraction of sp³-hybridized carbons (Fsp3) is 0.333. The molecule has 0 saturated carbocycles. The molecule has 0 bridgehead atoms. The molecule has 80 valence electrons. The second-order valence-electron chi connectivity index (χ2n) is 2.83. The van der Waals surface area contributed by atoms with Crippen LogP contribution in [0.25, 0.3) is 0 Å². The van der Waals surface area contributed by atoms with Gasteiger partial charge in [-0.25, -0.2) is 10.3 Å². The van der Waals surface area contributed by atoms with E-state index in [1.54, 1.807) is 14.0 Å². The summed E-state index contributed by atoms with van der Waals surface area (Å²) in [7, 11) is 1.61. The van der Waals surface area contributed by atoms with E-state index < -0.39 is 5.97 Å². The molecule has 0 fully saturated rings. The van der Waals surface area contributed by atoms with Crippen molar-refractivity contribution in [1.82, 2.24) is 9.78 Å². The van der Waals surface area contributed by atoms with Gasteiger partial charge in [0.05, 0.1) is 5.69 Å². The lowest BCUT2D eigenvalue weighted by Gasteiger charge is -2.05. The van der Waals surface area contributed by atoms with Crippen LogP contribution in [0.1, 0.15) is 16.1 Å². The molecule has 2 N–H and O–H groups in total. The van der Waals surface area contributed by atoms with Gasteiger partial charge in [-0.05, 0) is 6.92 Å². The Morgan fingerprint density at radius 3 is 3.00 bits per heavy atom. The summed E-state index contributed by atoms with van der Waals surface area (Å²) in [6, 6.07) is 0. The maximum atomic E-state index is 10.9. The molecular formula is C9H11N3O3. The van der Waals surface area contributed by atoms with Crippen molar-refractivity contribution in [3.8, 4) is 12.3 Å². The van der Waals surface area contributed by atoms with Gasteiger partial charge in [0.25, 0.3) is 0 Å². The number of nitrogens with zero attached hydrogens (tertiary/aromatic N) is 2. The predicted octanol–water partition coefficient (Wildman–Crippen LogP) is 0.403. The third kappa shape index (κ3) is 2.27. The van der Waals surface area contributed by atoms with Crippen LogP contribution in [0.5, 0.6) is 0 Å². The molecule has 1 aromatic heterocycles. The zero-order chi connectivity index (χ0) is 11.4. The van der Waals surface area contributed by atoms with Gasteiger partial charge < -0.3 is 5.11 Å². The van der Waals surface area contributed by atoms with Gasteiger partial charge in [0, 0.05) is 7.05 Å². The highest BCUT2D eigenvalue weighted by Gasteiger charge is 2.19. The molecule has 6 heteroatoms. The maximum Gasteiger partial charge on any atom is 0.341 e. The maximum absolute atomic E-state index is 10.9. The molecule has 1 aromatic rings. The van der Waals surface area contributed by atoms with E-state index in [2.05, 4.69) is 16.5 Å². The van der Waals surface area contributed by atoms with Crippen LogP contribution in [0.4, 0.5) is 5.82 Å². The highest BCUT2D eigenvalue weighted by Crippen LogP contribution is 2.18. The highest BCUT2D eigenvalue weighted by atomic mass is 16.6. The zero-order valence-electron chi connectivity index (χ0n) is 8.44. The van der Waals surface area contributed by atoms with Gasteiger partial charge in [0.2, 0.25) is 0 Å². The van der Waals surface area contributed by atoms with Crippen LogP contribution in [0, 0.1) is 19.3 Å². The summed E-state index contributed by atoms with van der Waals surface area (Å²) in [4.78, 5) is 15.7. The second kappa shape index (κ2) is 4.48. The first kappa shape index (κ1) is 11.1. The normalized spacial score (nSPS) is 9.67. The average Bonchev–Trinajstić information content (AvgIpc) is 2.42. The minimum Gasteiger partial charge on any atom is -0.477 e. The Bertz CT molecular complexity index is 417. The van der Waals surface area contributed by atoms with Crippen LogP contribution in [0.15, 0.2) is 0 Å². The number of hydrogen-bond acceptors (Lipinski definition) is 4. The molecule has 0 unspecified atom stereocenters. The second-order valence-corrected chi connectivity index (χ2v) is 2.83. The van der Waals surface area contributed by atoms with E-state index in [1.807, 2.05) is 0 Å². The SMILES string of the molecule is C#CCONc1c(C(=O)O)c(C)nn1C. The predicted molar refractivity (Wildman–Crippen MR) is 53.3 cm³/mol. The van der Waals surface area contributed by atoms with E-state index in [4.69, 9.17) is 16.4 Å². The number of rotatable bonds is 4. The van der Waals surface area contributed by atoms with Crippen molar-refractivity contribution in [1.29, 1.82) is 0 Å². The molecule has 0 aliphatic rings. The molecule has 0 aliphatic heterocycles. The lowest BCUT2D eigenvalue weighted by Crippen LogP contribution is -2.10. The molecule has 0 aromatic carbocycles. The number of aromatic nitrogens is 2. The molecule has 0 amide bonds. The molecule has 0 saturated heterocycles. The Kier molecular flexibility index (Phi) is 3.31. The summed E-state index contributed by atoms with van der Waals surface area (Å²) in [6.45, 7) is 1.65. The number of nitrogens with one attached hydrogen (secondary N) is 1. The molecule has 0 atom stereocenters. The first-order chi connectivity index (χ1) is 7.07. The fourth-order valence-electron chi connectivity index (χ4n) is 1.18. The molecular weight excluding hydrogens is 198 g/mol. The van der Waals surface area contributed by atoms with Gasteiger partial charge in [-0.15, -0.1) is 6.42 Å². The standard InChI is InChI=1S/C9H11N3O3/c1-4-5-15-11-8-7(9(13)14)6(2)10-12(8)3/h1,11H,5H2,2-3H3,(H,13,14). The van der Waals surface area contributed by atoms with Crippen LogP contribution in [0.3, 0.4) is 0 Å². The Hall–Kier alpha value is -2.00. The van der Waals surface area contributed by atoms with Crippen molar-refractivity contribution in [2.75, 3.05) is 12.1 Å². The van der Waals surface area contributed by atoms with Crippen molar-refractivity contribution in [3.63, 3.8) is 0 Å². The third-order valence-corrected chi connectivity index (χ3v) is 1.76.